The maximum atomic E-state index is 12.3. The van der Waals surface area contributed by atoms with E-state index in [-0.39, 0.29) is 5.91 Å². The highest BCUT2D eigenvalue weighted by Gasteiger charge is 2.42. The molecule has 0 radical (unpaired) electrons. The van der Waals surface area contributed by atoms with Gasteiger partial charge in [-0.2, -0.15) is 0 Å². The van der Waals surface area contributed by atoms with E-state index in [0.29, 0.717) is 12.5 Å². The Morgan fingerprint density at radius 3 is 2.52 bits per heavy atom. The van der Waals surface area contributed by atoms with Crippen LogP contribution in [0.3, 0.4) is 0 Å². The molecule has 1 aliphatic rings. The first kappa shape index (κ1) is 16.0. The van der Waals surface area contributed by atoms with Crippen LogP contribution in [0.1, 0.15) is 38.2 Å². The van der Waals surface area contributed by atoms with Crippen LogP contribution in [0.15, 0.2) is 30.3 Å². The molecule has 4 nitrogen and oxygen atoms in total. The second-order valence-corrected chi connectivity index (χ2v) is 6.11. The van der Waals surface area contributed by atoms with E-state index >= 15 is 0 Å². The number of benzene rings is 1. The zero-order chi connectivity index (χ0) is 15.3. The van der Waals surface area contributed by atoms with Crippen molar-refractivity contribution < 1.29 is 4.79 Å². The van der Waals surface area contributed by atoms with Gasteiger partial charge in [-0.25, -0.2) is 0 Å². The molecule has 21 heavy (non-hydrogen) atoms. The fourth-order valence-electron chi connectivity index (χ4n) is 2.79. The highest BCUT2D eigenvalue weighted by molar-refractivity contribution is 5.86. The minimum atomic E-state index is -0.746. The smallest absolute Gasteiger partial charge is 0.242 e. The lowest BCUT2D eigenvalue weighted by molar-refractivity contribution is -0.125. The van der Waals surface area contributed by atoms with Gasteiger partial charge in [-0.15, -0.1) is 0 Å². The number of nitrogens with zero attached hydrogens (tertiary/aromatic N) is 1. The van der Waals surface area contributed by atoms with Gasteiger partial charge in [-0.05, 0) is 44.8 Å². The van der Waals surface area contributed by atoms with E-state index in [0.717, 1.165) is 37.9 Å². The van der Waals surface area contributed by atoms with Crippen molar-refractivity contribution in [1.29, 1.82) is 0 Å². The summed E-state index contributed by atoms with van der Waals surface area (Å²) in [7, 11) is 2.09. The number of amides is 1. The molecule has 0 aliphatic heterocycles. The van der Waals surface area contributed by atoms with E-state index in [9.17, 15) is 4.79 Å². The third-order valence-corrected chi connectivity index (χ3v) is 4.19. The van der Waals surface area contributed by atoms with E-state index in [2.05, 4.69) is 24.2 Å². The third-order valence-electron chi connectivity index (χ3n) is 4.19. The van der Waals surface area contributed by atoms with Gasteiger partial charge in [-0.1, -0.05) is 37.3 Å². The molecule has 1 aliphatic carbocycles. The first-order valence-electron chi connectivity index (χ1n) is 7.90. The molecular formula is C17H27N3O. The molecule has 0 saturated heterocycles. The average Bonchev–Trinajstić information content (AvgIpc) is 3.28. The molecule has 1 unspecified atom stereocenters. The molecule has 2 rings (SSSR count). The first-order valence-corrected chi connectivity index (χ1v) is 7.90. The second kappa shape index (κ2) is 7.05. The summed E-state index contributed by atoms with van der Waals surface area (Å²) in [6.45, 7) is 4.05. The van der Waals surface area contributed by atoms with Crippen LogP contribution in [0.2, 0.25) is 0 Å². The Morgan fingerprint density at radius 1 is 1.33 bits per heavy atom. The maximum Gasteiger partial charge on any atom is 0.242 e. The van der Waals surface area contributed by atoms with Crippen LogP contribution in [0.5, 0.6) is 0 Å². The Kier molecular flexibility index (Phi) is 5.37. The number of nitrogens with two attached hydrogens (primary N) is 1. The first-order chi connectivity index (χ1) is 10.1. The van der Waals surface area contributed by atoms with Crippen molar-refractivity contribution >= 4 is 5.91 Å². The number of primary amides is 1. The van der Waals surface area contributed by atoms with Crippen molar-refractivity contribution in [1.82, 2.24) is 10.2 Å². The van der Waals surface area contributed by atoms with Gasteiger partial charge in [0.1, 0.15) is 5.54 Å². The summed E-state index contributed by atoms with van der Waals surface area (Å²) in [5.41, 5.74) is 6.06. The lowest BCUT2D eigenvalue weighted by Gasteiger charge is -2.34. The number of hydrogen-bond donors (Lipinski definition) is 2. The molecule has 1 saturated carbocycles. The molecule has 1 aromatic carbocycles. The quantitative estimate of drug-likeness (QED) is 0.729. The van der Waals surface area contributed by atoms with Crippen molar-refractivity contribution in [2.75, 3.05) is 20.1 Å². The summed E-state index contributed by atoms with van der Waals surface area (Å²) < 4.78 is 0. The Labute approximate surface area is 127 Å². The van der Waals surface area contributed by atoms with Crippen LogP contribution < -0.4 is 11.1 Å². The van der Waals surface area contributed by atoms with E-state index < -0.39 is 5.54 Å². The average molecular weight is 289 g/mol. The molecule has 0 aromatic heterocycles. The van der Waals surface area contributed by atoms with Crippen LogP contribution in [-0.4, -0.2) is 37.0 Å². The van der Waals surface area contributed by atoms with Gasteiger partial charge in [0.2, 0.25) is 5.91 Å². The Hall–Kier alpha value is -1.39. The number of hydrogen-bond acceptors (Lipinski definition) is 3. The Bertz CT molecular complexity index is 458. The molecular weight excluding hydrogens is 262 g/mol. The number of carbonyl (C=O) groups is 1. The maximum absolute atomic E-state index is 12.3. The van der Waals surface area contributed by atoms with Crippen LogP contribution in [0.25, 0.3) is 0 Å². The lowest BCUT2D eigenvalue weighted by atomic mass is 9.85. The third kappa shape index (κ3) is 4.05. The Balaban J connectivity index is 2.20. The van der Waals surface area contributed by atoms with Gasteiger partial charge < -0.3 is 10.6 Å². The number of nitrogens with one attached hydrogen (secondary N) is 1. The van der Waals surface area contributed by atoms with Crippen LogP contribution in [-0.2, 0) is 10.3 Å². The summed E-state index contributed by atoms with van der Waals surface area (Å²) in [4.78, 5) is 14.6. The van der Waals surface area contributed by atoms with Crippen molar-refractivity contribution in [2.24, 2.45) is 5.73 Å². The SMILES string of the molecule is CCCN(C)CCC(NC1CC1)(C(N)=O)c1ccccc1. The molecule has 0 spiro atoms. The fourth-order valence-corrected chi connectivity index (χ4v) is 2.79. The normalized spacial score (nSPS) is 17.7. The molecule has 4 heteroatoms. The fraction of sp³-hybridized carbons (Fsp3) is 0.588. The summed E-state index contributed by atoms with van der Waals surface area (Å²) in [5.74, 6) is -0.273. The highest BCUT2D eigenvalue weighted by atomic mass is 16.1. The van der Waals surface area contributed by atoms with Crippen LogP contribution in [0.4, 0.5) is 0 Å². The van der Waals surface area contributed by atoms with E-state index in [4.69, 9.17) is 5.73 Å². The Morgan fingerprint density at radius 2 is 2.00 bits per heavy atom. The molecule has 1 fully saturated rings. The molecule has 1 atom stereocenters. The van der Waals surface area contributed by atoms with Gasteiger partial charge in [-0.3, -0.25) is 10.1 Å². The molecule has 1 amide bonds. The standard InChI is InChI=1S/C17H27N3O/c1-3-12-20(2)13-11-17(16(18)21,19-15-9-10-15)14-7-5-4-6-8-14/h4-8,15,19H,3,9-13H2,1-2H3,(H2,18,21). The largest absolute Gasteiger partial charge is 0.368 e. The van der Waals surface area contributed by atoms with Gasteiger partial charge >= 0.3 is 0 Å². The van der Waals surface area contributed by atoms with Crippen molar-refractivity contribution in [3.63, 3.8) is 0 Å². The zero-order valence-electron chi connectivity index (χ0n) is 13.1. The van der Waals surface area contributed by atoms with E-state index in [1.807, 2.05) is 30.3 Å². The monoisotopic (exact) mass is 289 g/mol. The summed E-state index contributed by atoms with van der Waals surface area (Å²) in [5, 5.41) is 3.52. The minimum Gasteiger partial charge on any atom is -0.368 e. The van der Waals surface area contributed by atoms with Gasteiger partial charge in [0, 0.05) is 12.6 Å². The van der Waals surface area contributed by atoms with Crippen molar-refractivity contribution in [3.05, 3.63) is 35.9 Å². The summed E-state index contributed by atoms with van der Waals surface area (Å²) in [6, 6.07) is 10.3. The van der Waals surface area contributed by atoms with E-state index in [1.54, 1.807) is 0 Å². The lowest BCUT2D eigenvalue weighted by Crippen LogP contribution is -2.55. The number of rotatable bonds is 9. The van der Waals surface area contributed by atoms with Gasteiger partial charge in [0.15, 0.2) is 0 Å². The topological polar surface area (TPSA) is 58.4 Å². The van der Waals surface area contributed by atoms with Gasteiger partial charge in [0.25, 0.3) is 0 Å². The summed E-state index contributed by atoms with van der Waals surface area (Å²) in [6.07, 6.45) is 4.08. The zero-order valence-corrected chi connectivity index (χ0v) is 13.1. The highest BCUT2D eigenvalue weighted by Crippen LogP contribution is 2.31. The van der Waals surface area contributed by atoms with Crippen molar-refractivity contribution in [3.8, 4) is 0 Å². The van der Waals surface area contributed by atoms with Crippen LogP contribution in [0, 0.1) is 0 Å². The molecule has 1 aromatic rings. The van der Waals surface area contributed by atoms with Gasteiger partial charge in [0.05, 0.1) is 0 Å². The molecule has 3 N–H and O–H groups in total. The predicted molar refractivity (Wildman–Crippen MR) is 85.9 cm³/mol. The minimum absolute atomic E-state index is 0.273. The molecule has 0 bridgehead atoms. The second-order valence-electron chi connectivity index (χ2n) is 6.11. The van der Waals surface area contributed by atoms with E-state index in [1.165, 1.54) is 0 Å². The number of carbonyl (C=O) groups excluding carboxylic acids is 1. The van der Waals surface area contributed by atoms with Crippen LogP contribution >= 0.6 is 0 Å². The van der Waals surface area contributed by atoms with Crippen molar-refractivity contribution in [2.45, 2.75) is 44.2 Å². The summed E-state index contributed by atoms with van der Waals surface area (Å²) >= 11 is 0. The molecule has 0 heterocycles. The molecule has 116 valence electrons. The predicted octanol–water partition coefficient (Wildman–Crippen LogP) is 1.85.